The van der Waals surface area contributed by atoms with Gasteiger partial charge in [0, 0.05) is 54.9 Å². The van der Waals surface area contributed by atoms with Gasteiger partial charge in [-0.25, -0.2) is 9.18 Å². The molecule has 1 aromatic heterocycles. The average Bonchev–Trinajstić information content (AvgIpc) is 3.77. The second kappa shape index (κ2) is 12.6. The number of carbonyl (C=O) groups is 3. The number of carboxylic acids is 1. The zero-order valence-corrected chi connectivity index (χ0v) is 25.2. The minimum Gasteiger partial charge on any atom is -0.478 e. The molecular weight excluding hydrogens is 618 g/mol. The third-order valence-corrected chi connectivity index (χ3v) is 9.36. The third kappa shape index (κ3) is 6.35. The molecule has 6 rings (SSSR count). The summed E-state index contributed by atoms with van der Waals surface area (Å²) in [5.41, 5.74) is 0.644. The highest BCUT2D eigenvalue weighted by molar-refractivity contribution is 6.33. The van der Waals surface area contributed by atoms with Crippen LogP contribution < -0.4 is 0 Å². The summed E-state index contributed by atoms with van der Waals surface area (Å²) in [5, 5.41) is 23.2. The van der Waals surface area contributed by atoms with Gasteiger partial charge in [-0.1, -0.05) is 23.7 Å². The zero-order valence-electron chi connectivity index (χ0n) is 24.4. The Morgan fingerprint density at radius 3 is 2.38 bits per heavy atom. The summed E-state index contributed by atoms with van der Waals surface area (Å²) in [6.45, 7) is 1.17. The Kier molecular flexibility index (Phi) is 9.10. The Labute approximate surface area is 261 Å². The van der Waals surface area contributed by atoms with Crippen molar-refractivity contribution in [2.24, 2.45) is 13.0 Å². The number of benzene rings is 2. The summed E-state index contributed by atoms with van der Waals surface area (Å²) >= 11 is 5.71. The Hall–Kier alpha value is -3.77. The number of aryl methyl sites for hydroxylation is 1. The number of fused-ring (bicyclic) bond motifs is 1. The van der Waals surface area contributed by atoms with Crippen LogP contribution in [0.4, 0.5) is 17.6 Å². The molecule has 13 heteroatoms. The van der Waals surface area contributed by atoms with Crippen LogP contribution >= 0.6 is 11.6 Å². The van der Waals surface area contributed by atoms with Crippen molar-refractivity contribution in [3.05, 3.63) is 75.2 Å². The van der Waals surface area contributed by atoms with E-state index in [1.165, 1.54) is 30.3 Å². The van der Waals surface area contributed by atoms with E-state index in [2.05, 4.69) is 5.10 Å². The fourth-order valence-electron chi connectivity index (χ4n) is 6.29. The number of hydrogen-bond donors (Lipinski definition) is 2. The van der Waals surface area contributed by atoms with Crippen molar-refractivity contribution in [1.29, 1.82) is 0 Å². The Balaban J connectivity index is 0.000000211. The zero-order chi connectivity index (χ0) is 32.7. The summed E-state index contributed by atoms with van der Waals surface area (Å²) in [4.78, 5) is 36.6. The standard InChI is InChI=1S/C21H24FN3O4.C11H8ClF3O/c1-24-18-11-12(20(27)25-8-6-14(26)7-9-25)2-5-16(18)19(23-24)15-4-3-13(21(28)29)10-17(15)22;12-9-3-1-2-8(7(9)6-16)10(4-5-10)11(13,14)15/h3-4,10,12,14,26H,2,5-9,11H2,1H3,(H,28,29);1-3,6H,4-5H2. The van der Waals surface area contributed by atoms with Crippen molar-refractivity contribution < 1.29 is 42.2 Å². The van der Waals surface area contributed by atoms with E-state index in [4.69, 9.17) is 16.7 Å². The topological polar surface area (TPSA) is 113 Å². The molecular formula is C32H32ClF4N3O5. The number of likely N-dealkylation sites (tertiary alicyclic amines) is 1. The van der Waals surface area contributed by atoms with Gasteiger partial charge in [0.2, 0.25) is 5.91 Å². The molecule has 2 fully saturated rings. The minimum absolute atomic E-state index is 0.00231. The number of aromatic carboxylic acids is 1. The maximum atomic E-state index is 14.6. The number of alkyl halides is 3. The molecule has 0 bridgehead atoms. The largest absolute Gasteiger partial charge is 0.478 e. The van der Waals surface area contributed by atoms with Gasteiger partial charge in [0.1, 0.15) is 5.82 Å². The number of amides is 1. The lowest BCUT2D eigenvalue weighted by Crippen LogP contribution is -2.44. The molecule has 45 heavy (non-hydrogen) atoms. The van der Waals surface area contributed by atoms with E-state index in [1.807, 2.05) is 4.90 Å². The summed E-state index contributed by atoms with van der Waals surface area (Å²) in [6, 6.07) is 8.03. The SMILES string of the molecule is Cn1nc(-c2ccc(C(=O)O)cc2F)c2c1CC(C(=O)N1CCC(O)CC1)CC2.O=Cc1c(Cl)cccc1C1(C(F)(F)F)CC1. The first kappa shape index (κ1) is 32.6. The van der Waals surface area contributed by atoms with Crippen molar-refractivity contribution in [2.45, 2.75) is 62.6 Å². The minimum atomic E-state index is -4.32. The number of aldehydes is 1. The predicted octanol–water partition coefficient (Wildman–Crippen LogP) is 5.76. The Bertz CT molecular complexity index is 1630. The molecule has 2 N–H and O–H groups in total. The Morgan fingerprint density at radius 2 is 1.80 bits per heavy atom. The highest BCUT2D eigenvalue weighted by Crippen LogP contribution is 2.59. The third-order valence-electron chi connectivity index (χ3n) is 9.03. The van der Waals surface area contributed by atoms with Crippen molar-refractivity contribution in [3.63, 3.8) is 0 Å². The lowest BCUT2D eigenvalue weighted by molar-refractivity contribution is -0.160. The summed E-state index contributed by atoms with van der Waals surface area (Å²) in [6.07, 6.45) is -1.14. The number of hydrogen-bond acceptors (Lipinski definition) is 5. The van der Waals surface area contributed by atoms with Gasteiger partial charge in [-0.3, -0.25) is 14.3 Å². The molecule has 1 saturated heterocycles. The van der Waals surface area contributed by atoms with E-state index >= 15 is 0 Å². The number of aliphatic hydroxyl groups excluding tert-OH is 1. The quantitative estimate of drug-likeness (QED) is 0.269. The van der Waals surface area contributed by atoms with Gasteiger partial charge in [-0.05, 0) is 68.4 Å². The van der Waals surface area contributed by atoms with Crippen LogP contribution in [0.2, 0.25) is 5.02 Å². The molecule has 3 aliphatic rings. The first-order chi connectivity index (χ1) is 21.3. The number of carbonyl (C=O) groups excluding carboxylic acids is 2. The molecule has 3 aromatic rings. The van der Waals surface area contributed by atoms with Crippen LogP contribution in [0.5, 0.6) is 0 Å². The van der Waals surface area contributed by atoms with Crippen LogP contribution in [0.3, 0.4) is 0 Å². The number of nitrogens with zero attached hydrogens (tertiary/aromatic N) is 3. The van der Waals surface area contributed by atoms with E-state index in [9.17, 15) is 37.1 Å². The van der Waals surface area contributed by atoms with Gasteiger partial charge in [0.05, 0.1) is 27.8 Å². The van der Waals surface area contributed by atoms with Crippen LogP contribution in [0.15, 0.2) is 36.4 Å². The van der Waals surface area contributed by atoms with E-state index in [1.54, 1.807) is 11.7 Å². The number of halogens is 5. The van der Waals surface area contributed by atoms with Crippen molar-refractivity contribution in [3.8, 4) is 11.3 Å². The van der Waals surface area contributed by atoms with E-state index in [0.29, 0.717) is 57.2 Å². The first-order valence-electron chi connectivity index (χ1n) is 14.6. The number of piperidine rings is 1. The highest BCUT2D eigenvalue weighted by Gasteiger charge is 2.64. The van der Waals surface area contributed by atoms with E-state index in [-0.39, 0.29) is 58.0 Å². The highest BCUT2D eigenvalue weighted by atomic mass is 35.5. The lowest BCUT2D eigenvalue weighted by atomic mass is 9.84. The van der Waals surface area contributed by atoms with Gasteiger partial charge in [-0.15, -0.1) is 0 Å². The van der Waals surface area contributed by atoms with Crippen molar-refractivity contribution >= 4 is 29.8 Å². The molecule has 1 unspecified atom stereocenters. The molecule has 2 aromatic carbocycles. The molecule has 2 heterocycles. The smallest absolute Gasteiger partial charge is 0.398 e. The first-order valence-corrected chi connectivity index (χ1v) is 15.0. The second-order valence-electron chi connectivity index (χ2n) is 11.8. The summed E-state index contributed by atoms with van der Waals surface area (Å²) < 4.78 is 54.9. The normalized spacial score (nSPS) is 19.3. The fourth-order valence-corrected chi connectivity index (χ4v) is 6.51. The molecule has 2 aliphatic carbocycles. The van der Waals surface area contributed by atoms with Crippen molar-refractivity contribution in [2.75, 3.05) is 13.1 Å². The molecule has 0 spiro atoms. The van der Waals surface area contributed by atoms with E-state index in [0.717, 1.165) is 17.3 Å². The number of carboxylic acid groups (broad SMARTS) is 1. The van der Waals surface area contributed by atoms with Crippen LogP contribution in [0, 0.1) is 11.7 Å². The number of rotatable bonds is 5. The monoisotopic (exact) mass is 649 g/mol. The summed E-state index contributed by atoms with van der Waals surface area (Å²) in [5.74, 6) is -1.82. The summed E-state index contributed by atoms with van der Waals surface area (Å²) in [7, 11) is 1.79. The molecule has 8 nitrogen and oxygen atoms in total. The molecule has 1 atom stereocenters. The number of aliphatic hydroxyl groups is 1. The van der Waals surface area contributed by atoms with Crippen molar-refractivity contribution in [1.82, 2.24) is 14.7 Å². The van der Waals surface area contributed by atoms with Crippen LogP contribution in [0.25, 0.3) is 11.3 Å². The van der Waals surface area contributed by atoms with Gasteiger partial charge in [-0.2, -0.15) is 18.3 Å². The van der Waals surface area contributed by atoms with Crippen LogP contribution in [-0.4, -0.2) is 68.4 Å². The van der Waals surface area contributed by atoms with Gasteiger partial charge >= 0.3 is 12.1 Å². The van der Waals surface area contributed by atoms with Gasteiger partial charge < -0.3 is 15.1 Å². The average molecular weight is 650 g/mol. The maximum Gasteiger partial charge on any atom is 0.398 e. The predicted molar refractivity (Wildman–Crippen MR) is 157 cm³/mol. The second-order valence-corrected chi connectivity index (χ2v) is 12.2. The molecule has 1 saturated carbocycles. The molecule has 240 valence electrons. The van der Waals surface area contributed by atoms with Gasteiger partial charge in [0.15, 0.2) is 6.29 Å². The maximum absolute atomic E-state index is 14.6. The Morgan fingerprint density at radius 1 is 1.11 bits per heavy atom. The lowest BCUT2D eigenvalue weighted by Gasteiger charge is -2.33. The molecule has 0 radical (unpaired) electrons. The molecule has 1 aliphatic heterocycles. The van der Waals surface area contributed by atoms with Crippen LogP contribution in [0.1, 0.15) is 69.6 Å². The van der Waals surface area contributed by atoms with Gasteiger partial charge in [0.25, 0.3) is 0 Å². The van der Waals surface area contributed by atoms with Crippen LogP contribution in [-0.2, 0) is 30.1 Å². The van der Waals surface area contributed by atoms with E-state index < -0.39 is 23.4 Å². The fraction of sp³-hybridized carbons (Fsp3) is 0.438. The molecule has 1 amide bonds. The number of aromatic nitrogens is 2.